The SMILES string of the molecule is Cc1cc(NNS(=O)(=O)c2cc(C(F)(F)F)cc(C(F)(F)F)c2)nc2c1c(C)nn2C. The molecule has 31 heavy (non-hydrogen) atoms. The van der Waals surface area contributed by atoms with Gasteiger partial charge in [0.05, 0.1) is 21.7 Å². The van der Waals surface area contributed by atoms with Gasteiger partial charge in [-0.05, 0) is 43.7 Å². The van der Waals surface area contributed by atoms with E-state index >= 15 is 0 Å². The maximum absolute atomic E-state index is 13.0. The Morgan fingerprint density at radius 2 is 1.48 bits per heavy atom. The molecule has 0 aliphatic carbocycles. The summed E-state index contributed by atoms with van der Waals surface area (Å²) >= 11 is 0. The zero-order chi connectivity index (χ0) is 23.4. The molecule has 0 unspecified atom stereocenters. The number of hydrogen-bond donors (Lipinski definition) is 2. The summed E-state index contributed by atoms with van der Waals surface area (Å²) < 4.78 is 104. The van der Waals surface area contributed by atoms with Crippen molar-refractivity contribution in [1.82, 2.24) is 19.6 Å². The van der Waals surface area contributed by atoms with Gasteiger partial charge in [-0.2, -0.15) is 31.4 Å². The summed E-state index contributed by atoms with van der Waals surface area (Å²) in [7, 11) is -3.21. The van der Waals surface area contributed by atoms with Gasteiger partial charge in [-0.3, -0.25) is 10.1 Å². The van der Waals surface area contributed by atoms with E-state index in [0.717, 1.165) is 5.39 Å². The first-order valence-corrected chi connectivity index (χ1v) is 9.96. The van der Waals surface area contributed by atoms with Crippen molar-refractivity contribution in [3.05, 3.63) is 46.6 Å². The van der Waals surface area contributed by atoms with Crippen molar-refractivity contribution in [1.29, 1.82) is 0 Å². The number of aromatic nitrogens is 3. The van der Waals surface area contributed by atoms with Crippen LogP contribution in [0.15, 0.2) is 29.2 Å². The van der Waals surface area contributed by atoms with Gasteiger partial charge in [0.15, 0.2) is 5.65 Å². The van der Waals surface area contributed by atoms with Gasteiger partial charge in [-0.1, -0.05) is 0 Å². The number of nitrogens with one attached hydrogen (secondary N) is 2. The Morgan fingerprint density at radius 1 is 0.935 bits per heavy atom. The van der Waals surface area contributed by atoms with Crippen LogP contribution in [-0.2, 0) is 29.4 Å². The molecule has 0 aliphatic heterocycles. The standard InChI is InChI=1S/C17H15F6N5O2S/c1-8-4-13(24-15-14(8)9(2)26-28(15)3)25-27-31(29,30)12-6-10(16(18,19)20)5-11(7-12)17(21,22)23/h4-7,27H,1-3H3,(H,24,25). The molecule has 168 valence electrons. The molecular weight excluding hydrogens is 452 g/mol. The molecule has 0 saturated heterocycles. The Balaban J connectivity index is 1.98. The van der Waals surface area contributed by atoms with Crippen molar-refractivity contribution in [3.8, 4) is 0 Å². The van der Waals surface area contributed by atoms with Crippen LogP contribution in [-0.4, -0.2) is 23.2 Å². The number of fused-ring (bicyclic) bond motifs is 1. The fraction of sp³-hybridized carbons (Fsp3) is 0.294. The van der Waals surface area contributed by atoms with Gasteiger partial charge in [0, 0.05) is 12.4 Å². The van der Waals surface area contributed by atoms with Crippen molar-refractivity contribution in [2.24, 2.45) is 7.05 Å². The van der Waals surface area contributed by atoms with Crippen LogP contribution >= 0.6 is 0 Å². The van der Waals surface area contributed by atoms with Gasteiger partial charge in [0.1, 0.15) is 5.82 Å². The third-order valence-electron chi connectivity index (χ3n) is 4.35. The third kappa shape index (κ3) is 4.58. The van der Waals surface area contributed by atoms with Gasteiger partial charge in [-0.25, -0.2) is 13.4 Å². The van der Waals surface area contributed by atoms with E-state index in [4.69, 9.17) is 0 Å². The lowest BCUT2D eigenvalue weighted by atomic mass is 10.1. The molecular formula is C17H15F6N5O2S. The molecule has 3 aromatic rings. The van der Waals surface area contributed by atoms with Crippen molar-refractivity contribution in [3.63, 3.8) is 0 Å². The molecule has 0 fully saturated rings. The van der Waals surface area contributed by atoms with Crippen LogP contribution < -0.4 is 10.3 Å². The molecule has 2 aromatic heterocycles. The Hall–Kier alpha value is -2.87. The normalized spacial score (nSPS) is 13.1. The summed E-state index contributed by atoms with van der Waals surface area (Å²) in [5, 5.41) is 4.91. The van der Waals surface area contributed by atoms with Gasteiger partial charge in [0.2, 0.25) is 0 Å². The number of benzene rings is 1. The van der Waals surface area contributed by atoms with Crippen LogP contribution in [0.4, 0.5) is 32.2 Å². The van der Waals surface area contributed by atoms with E-state index in [0.29, 0.717) is 16.9 Å². The minimum Gasteiger partial charge on any atom is -0.292 e. The predicted molar refractivity (Wildman–Crippen MR) is 98.4 cm³/mol. The lowest BCUT2D eigenvalue weighted by molar-refractivity contribution is -0.143. The number of rotatable bonds is 4. The highest BCUT2D eigenvalue weighted by molar-refractivity contribution is 7.89. The molecule has 7 nitrogen and oxygen atoms in total. The Labute approximate surface area is 172 Å². The number of halogens is 6. The summed E-state index contributed by atoms with van der Waals surface area (Å²) in [4.78, 5) is 4.72. The van der Waals surface area contributed by atoms with Crippen molar-refractivity contribution in [2.75, 3.05) is 5.43 Å². The smallest absolute Gasteiger partial charge is 0.292 e. The maximum atomic E-state index is 13.0. The lowest BCUT2D eigenvalue weighted by Gasteiger charge is -2.15. The van der Waals surface area contributed by atoms with E-state index in [1.807, 2.05) is 0 Å². The molecule has 3 rings (SSSR count). The summed E-state index contributed by atoms with van der Waals surface area (Å²) in [6, 6.07) is 1.53. The number of alkyl halides is 6. The topological polar surface area (TPSA) is 88.9 Å². The highest BCUT2D eigenvalue weighted by Crippen LogP contribution is 2.37. The number of sulfonamides is 1. The van der Waals surface area contributed by atoms with Crippen LogP contribution in [0, 0.1) is 13.8 Å². The van der Waals surface area contributed by atoms with Crippen molar-refractivity contribution in [2.45, 2.75) is 31.1 Å². The molecule has 0 atom stereocenters. The summed E-state index contributed by atoms with van der Waals surface area (Å²) in [6.07, 6.45) is -10.4. The van der Waals surface area contributed by atoms with Crippen LogP contribution in [0.1, 0.15) is 22.4 Å². The van der Waals surface area contributed by atoms with Crippen molar-refractivity contribution >= 4 is 26.9 Å². The fourth-order valence-corrected chi connectivity index (χ4v) is 3.90. The second-order valence-electron chi connectivity index (χ2n) is 6.70. The number of hydrogen-bond acceptors (Lipinski definition) is 5. The Bertz CT molecular complexity index is 1230. The van der Waals surface area contributed by atoms with Crippen LogP contribution in [0.25, 0.3) is 11.0 Å². The highest BCUT2D eigenvalue weighted by atomic mass is 32.2. The summed E-state index contributed by atoms with van der Waals surface area (Å²) in [6.45, 7) is 3.46. The number of hydrazine groups is 1. The highest BCUT2D eigenvalue weighted by Gasteiger charge is 2.38. The van der Waals surface area contributed by atoms with E-state index in [2.05, 4.69) is 15.5 Å². The zero-order valence-electron chi connectivity index (χ0n) is 16.1. The van der Waals surface area contributed by atoms with Gasteiger partial charge in [-0.15, -0.1) is 4.83 Å². The third-order valence-corrected chi connectivity index (χ3v) is 5.58. The summed E-state index contributed by atoms with van der Waals surface area (Å²) in [5.74, 6) is -0.0282. The van der Waals surface area contributed by atoms with E-state index in [9.17, 15) is 34.8 Å². The molecule has 14 heteroatoms. The van der Waals surface area contributed by atoms with E-state index < -0.39 is 38.4 Å². The molecule has 0 bridgehead atoms. The summed E-state index contributed by atoms with van der Waals surface area (Å²) in [5.41, 5.74) is 0.479. The van der Waals surface area contributed by atoms with Crippen LogP contribution in [0.2, 0.25) is 0 Å². The van der Waals surface area contributed by atoms with Crippen LogP contribution in [0.5, 0.6) is 0 Å². The monoisotopic (exact) mass is 467 g/mol. The molecule has 0 radical (unpaired) electrons. The Kier molecular flexibility index (Phi) is 5.42. The minimum absolute atomic E-state index is 0.0282. The second-order valence-corrected chi connectivity index (χ2v) is 8.39. The predicted octanol–water partition coefficient (Wildman–Crippen LogP) is 3.93. The average Bonchev–Trinajstić information content (AvgIpc) is 2.92. The molecule has 0 amide bonds. The first-order chi connectivity index (χ1) is 14.1. The molecule has 0 saturated carbocycles. The van der Waals surface area contributed by atoms with Gasteiger partial charge >= 0.3 is 12.4 Å². The fourth-order valence-electron chi connectivity index (χ4n) is 2.98. The lowest BCUT2D eigenvalue weighted by Crippen LogP contribution is -2.30. The second kappa shape index (κ2) is 7.37. The van der Waals surface area contributed by atoms with Gasteiger partial charge in [0.25, 0.3) is 10.0 Å². The molecule has 0 aliphatic rings. The quantitative estimate of drug-likeness (QED) is 0.449. The largest absolute Gasteiger partial charge is 0.416 e. The Morgan fingerprint density at radius 3 is 2.00 bits per heavy atom. The number of pyridine rings is 1. The molecule has 2 N–H and O–H groups in total. The first kappa shape index (κ1) is 22.8. The maximum Gasteiger partial charge on any atom is 0.416 e. The molecule has 2 heterocycles. The van der Waals surface area contributed by atoms with E-state index in [1.165, 1.54) is 10.7 Å². The average molecular weight is 467 g/mol. The van der Waals surface area contributed by atoms with Gasteiger partial charge < -0.3 is 0 Å². The van der Waals surface area contributed by atoms with E-state index in [1.54, 1.807) is 25.7 Å². The van der Waals surface area contributed by atoms with E-state index in [-0.39, 0.29) is 24.0 Å². The molecule has 1 aromatic carbocycles. The van der Waals surface area contributed by atoms with Crippen LogP contribution in [0.3, 0.4) is 0 Å². The number of anilines is 1. The molecule has 0 spiro atoms. The number of nitrogens with zero attached hydrogens (tertiary/aromatic N) is 3. The first-order valence-electron chi connectivity index (χ1n) is 8.48. The minimum atomic E-state index is -5.18. The number of aryl methyl sites for hydroxylation is 3. The zero-order valence-corrected chi connectivity index (χ0v) is 17.0. The van der Waals surface area contributed by atoms with Crippen molar-refractivity contribution < 1.29 is 34.8 Å².